The molecule has 120 valence electrons. The molecule has 0 spiro atoms. The van der Waals surface area contributed by atoms with Gasteiger partial charge in [-0.05, 0) is 42.5 Å². The highest BCUT2D eigenvalue weighted by atomic mass is 35.5. The number of hydrogen-bond donors (Lipinski definition) is 1. The van der Waals surface area contributed by atoms with Gasteiger partial charge in [0.2, 0.25) is 0 Å². The van der Waals surface area contributed by atoms with E-state index in [4.69, 9.17) is 23.2 Å². The topological polar surface area (TPSA) is 54.9 Å². The molecule has 2 heterocycles. The largest absolute Gasteiger partial charge is 0.321 e. The lowest BCUT2D eigenvalue weighted by Gasteiger charge is -2.08. The second-order valence-electron chi connectivity index (χ2n) is 4.85. The number of carbonyl (C=O) groups is 1. The van der Waals surface area contributed by atoms with Crippen LogP contribution in [0, 0.1) is 5.82 Å². The van der Waals surface area contributed by atoms with Crippen molar-refractivity contribution in [3.63, 3.8) is 0 Å². The zero-order chi connectivity index (χ0) is 17.1. The normalized spacial score (nSPS) is 10.5. The summed E-state index contributed by atoms with van der Waals surface area (Å²) in [5, 5.41) is 3.26. The fourth-order valence-corrected chi connectivity index (χ4v) is 2.42. The summed E-state index contributed by atoms with van der Waals surface area (Å²) in [7, 11) is 0. The first-order chi connectivity index (χ1) is 11.5. The average Bonchev–Trinajstić information content (AvgIpc) is 2.57. The van der Waals surface area contributed by atoms with E-state index in [0.29, 0.717) is 21.6 Å². The summed E-state index contributed by atoms with van der Waals surface area (Å²) in [6.45, 7) is 0. The van der Waals surface area contributed by atoms with Crippen molar-refractivity contribution in [3.8, 4) is 11.3 Å². The van der Waals surface area contributed by atoms with E-state index in [2.05, 4.69) is 15.3 Å². The van der Waals surface area contributed by atoms with Gasteiger partial charge in [0, 0.05) is 17.3 Å². The van der Waals surface area contributed by atoms with Gasteiger partial charge in [0.15, 0.2) is 0 Å². The van der Waals surface area contributed by atoms with Crippen LogP contribution in [0.5, 0.6) is 0 Å². The van der Waals surface area contributed by atoms with Gasteiger partial charge in [-0.25, -0.2) is 9.37 Å². The van der Waals surface area contributed by atoms with Crippen LogP contribution in [0.2, 0.25) is 10.2 Å². The van der Waals surface area contributed by atoms with Gasteiger partial charge < -0.3 is 5.32 Å². The highest BCUT2D eigenvalue weighted by Crippen LogP contribution is 2.28. The summed E-state index contributed by atoms with van der Waals surface area (Å²) in [4.78, 5) is 20.1. The number of amides is 1. The Morgan fingerprint density at radius 2 is 1.92 bits per heavy atom. The Morgan fingerprint density at radius 3 is 2.58 bits per heavy atom. The molecular weight excluding hydrogens is 352 g/mol. The standard InChI is InChI=1S/C17H10Cl2FN3O/c18-13-2-1-7-21-16(13)12-5-3-10(8-14(12)20)17(24)23-11-4-6-15(19)22-9-11/h1-9H,(H,23,24). The molecule has 0 bridgehead atoms. The Balaban J connectivity index is 1.85. The quantitative estimate of drug-likeness (QED) is 0.679. The van der Waals surface area contributed by atoms with Crippen LogP contribution >= 0.6 is 23.2 Å². The lowest BCUT2D eigenvalue weighted by Crippen LogP contribution is -2.12. The van der Waals surface area contributed by atoms with E-state index in [1.165, 1.54) is 24.5 Å². The van der Waals surface area contributed by atoms with Gasteiger partial charge >= 0.3 is 0 Å². The minimum atomic E-state index is -0.586. The van der Waals surface area contributed by atoms with Crippen molar-refractivity contribution < 1.29 is 9.18 Å². The van der Waals surface area contributed by atoms with Crippen LogP contribution in [-0.2, 0) is 0 Å². The molecule has 0 radical (unpaired) electrons. The average molecular weight is 362 g/mol. The summed E-state index contributed by atoms with van der Waals surface area (Å²) in [5.41, 5.74) is 1.18. The summed E-state index contributed by atoms with van der Waals surface area (Å²) >= 11 is 11.7. The molecule has 0 atom stereocenters. The molecule has 3 aromatic rings. The molecule has 0 aliphatic heterocycles. The predicted molar refractivity (Wildman–Crippen MR) is 91.8 cm³/mol. The second-order valence-corrected chi connectivity index (χ2v) is 5.65. The maximum absolute atomic E-state index is 14.4. The summed E-state index contributed by atoms with van der Waals surface area (Å²) < 4.78 is 14.4. The number of halogens is 3. The molecule has 0 saturated carbocycles. The first-order valence-electron chi connectivity index (χ1n) is 6.88. The van der Waals surface area contributed by atoms with Crippen LogP contribution in [0.15, 0.2) is 54.9 Å². The third kappa shape index (κ3) is 3.53. The molecule has 7 heteroatoms. The molecule has 0 saturated heterocycles. The van der Waals surface area contributed by atoms with E-state index < -0.39 is 11.7 Å². The molecule has 4 nitrogen and oxygen atoms in total. The molecule has 3 rings (SSSR count). The van der Waals surface area contributed by atoms with Crippen molar-refractivity contribution in [2.75, 3.05) is 5.32 Å². The predicted octanol–water partition coefficient (Wildman–Crippen LogP) is 4.84. The van der Waals surface area contributed by atoms with Crippen molar-refractivity contribution in [1.82, 2.24) is 9.97 Å². The Morgan fingerprint density at radius 1 is 1.08 bits per heavy atom. The lowest BCUT2D eigenvalue weighted by molar-refractivity contribution is 0.102. The molecule has 2 aromatic heterocycles. The van der Waals surface area contributed by atoms with E-state index in [1.54, 1.807) is 24.3 Å². The number of rotatable bonds is 3. The Bertz CT molecular complexity index is 901. The van der Waals surface area contributed by atoms with Gasteiger partial charge in [0.05, 0.1) is 22.6 Å². The zero-order valence-electron chi connectivity index (χ0n) is 12.1. The summed E-state index contributed by atoms with van der Waals surface area (Å²) in [5.74, 6) is -1.05. The van der Waals surface area contributed by atoms with Crippen LogP contribution in [0.3, 0.4) is 0 Å². The lowest BCUT2D eigenvalue weighted by atomic mass is 10.1. The molecule has 1 N–H and O–H groups in total. The monoisotopic (exact) mass is 361 g/mol. The van der Waals surface area contributed by atoms with Crippen LogP contribution in [0.4, 0.5) is 10.1 Å². The van der Waals surface area contributed by atoms with E-state index >= 15 is 0 Å². The molecule has 0 aliphatic rings. The minimum Gasteiger partial charge on any atom is -0.321 e. The second kappa shape index (κ2) is 6.95. The number of carbonyl (C=O) groups excluding carboxylic acids is 1. The minimum absolute atomic E-state index is 0.165. The first kappa shape index (κ1) is 16.4. The fourth-order valence-electron chi connectivity index (χ4n) is 2.09. The molecular formula is C17H10Cl2FN3O. The number of nitrogens with one attached hydrogen (secondary N) is 1. The molecule has 1 amide bonds. The van der Waals surface area contributed by atoms with Gasteiger partial charge in [-0.2, -0.15) is 0 Å². The number of benzene rings is 1. The SMILES string of the molecule is O=C(Nc1ccc(Cl)nc1)c1ccc(-c2ncccc2Cl)c(F)c1. The fraction of sp³-hybridized carbons (Fsp3) is 0. The maximum Gasteiger partial charge on any atom is 0.255 e. The first-order valence-corrected chi connectivity index (χ1v) is 7.63. The molecule has 24 heavy (non-hydrogen) atoms. The van der Waals surface area contributed by atoms with Gasteiger partial charge in [-0.3, -0.25) is 9.78 Å². The molecule has 0 aliphatic carbocycles. The van der Waals surface area contributed by atoms with Crippen LogP contribution < -0.4 is 5.32 Å². The molecule has 0 fully saturated rings. The van der Waals surface area contributed by atoms with Gasteiger partial charge in [-0.15, -0.1) is 0 Å². The van der Waals surface area contributed by atoms with Crippen molar-refractivity contribution >= 4 is 34.8 Å². The summed E-state index contributed by atoms with van der Waals surface area (Å²) in [6, 6.07) is 10.5. The Kier molecular flexibility index (Phi) is 4.74. The van der Waals surface area contributed by atoms with Crippen molar-refractivity contribution in [2.45, 2.75) is 0 Å². The van der Waals surface area contributed by atoms with Gasteiger partial charge in [-0.1, -0.05) is 23.2 Å². The van der Waals surface area contributed by atoms with Crippen molar-refractivity contribution in [3.05, 3.63) is 76.4 Å². The summed E-state index contributed by atoms with van der Waals surface area (Å²) in [6.07, 6.45) is 2.94. The van der Waals surface area contributed by atoms with E-state index in [9.17, 15) is 9.18 Å². The number of pyridine rings is 2. The number of hydrogen-bond acceptors (Lipinski definition) is 3. The maximum atomic E-state index is 14.4. The van der Waals surface area contributed by atoms with Crippen molar-refractivity contribution in [1.29, 1.82) is 0 Å². The number of nitrogens with zero attached hydrogens (tertiary/aromatic N) is 2. The van der Waals surface area contributed by atoms with Crippen molar-refractivity contribution in [2.24, 2.45) is 0 Å². The van der Waals surface area contributed by atoms with E-state index in [0.717, 1.165) is 6.07 Å². The third-order valence-electron chi connectivity index (χ3n) is 3.23. The highest BCUT2D eigenvalue weighted by Gasteiger charge is 2.14. The van der Waals surface area contributed by atoms with E-state index in [-0.39, 0.29) is 11.1 Å². The number of anilines is 1. The smallest absolute Gasteiger partial charge is 0.255 e. The van der Waals surface area contributed by atoms with E-state index in [1.807, 2.05) is 0 Å². The highest BCUT2D eigenvalue weighted by molar-refractivity contribution is 6.33. The Hall–Kier alpha value is -2.50. The molecule has 1 aromatic carbocycles. The number of aromatic nitrogens is 2. The van der Waals surface area contributed by atoms with Crippen LogP contribution in [-0.4, -0.2) is 15.9 Å². The van der Waals surface area contributed by atoms with Crippen LogP contribution in [0.1, 0.15) is 10.4 Å². The van der Waals surface area contributed by atoms with Gasteiger partial charge in [0.25, 0.3) is 5.91 Å². The Labute approximate surface area is 147 Å². The molecule has 0 unspecified atom stereocenters. The van der Waals surface area contributed by atoms with Crippen LogP contribution in [0.25, 0.3) is 11.3 Å². The van der Waals surface area contributed by atoms with Gasteiger partial charge in [0.1, 0.15) is 11.0 Å². The zero-order valence-corrected chi connectivity index (χ0v) is 13.6. The third-order valence-corrected chi connectivity index (χ3v) is 3.76.